The molecule has 0 atom stereocenters. The summed E-state index contributed by atoms with van der Waals surface area (Å²) in [6, 6.07) is 11.6. The summed E-state index contributed by atoms with van der Waals surface area (Å²) in [7, 11) is 0. The van der Waals surface area contributed by atoms with E-state index < -0.39 is 5.82 Å². The summed E-state index contributed by atoms with van der Waals surface area (Å²) in [5.41, 5.74) is 0.642. The number of aryl methyl sites for hydroxylation is 1. The van der Waals surface area contributed by atoms with Crippen LogP contribution >= 0.6 is 11.6 Å². The van der Waals surface area contributed by atoms with Crippen LogP contribution in [0, 0.1) is 18.2 Å². The highest BCUT2D eigenvalue weighted by molar-refractivity contribution is 6.31. The highest BCUT2D eigenvalue weighted by Crippen LogP contribution is 2.37. The number of nitrogens with zero attached hydrogens (tertiary/aromatic N) is 2. The van der Waals surface area contributed by atoms with Gasteiger partial charge in [-0.3, -0.25) is 9.59 Å². The van der Waals surface area contributed by atoms with Crippen LogP contribution in [-0.4, -0.2) is 54.4 Å². The number of benzene rings is 2. The summed E-state index contributed by atoms with van der Waals surface area (Å²) in [6.07, 6.45) is 4.90. The van der Waals surface area contributed by atoms with Gasteiger partial charge in [-0.1, -0.05) is 23.7 Å². The van der Waals surface area contributed by atoms with Crippen LogP contribution in [0.4, 0.5) is 4.39 Å². The Labute approximate surface area is 205 Å². The van der Waals surface area contributed by atoms with Gasteiger partial charge < -0.3 is 14.5 Å². The van der Waals surface area contributed by atoms with E-state index in [1.807, 2.05) is 30.0 Å². The number of hydrogen-bond acceptors (Lipinski definition) is 3. The van der Waals surface area contributed by atoms with Gasteiger partial charge in [0.15, 0.2) is 0 Å². The van der Waals surface area contributed by atoms with Gasteiger partial charge in [-0.05, 0) is 74.9 Å². The van der Waals surface area contributed by atoms with Gasteiger partial charge in [0, 0.05) is 43.0 Å². The fourth-order valence-electron chi connectivity index (χ4n) is 4.88. The molecule has 2 aromatic carbocycles. The molecular weight excluding hydrogens is 455 g/mol. The maximum absolute atomic E-state index is 14.2. The van der Waals surface area contributed by atoms with Crippen molar-refractivity contribution < 1.29 is 18.7 Å². The summed E-state index contributed by atoms with van der Waals surface area (Å²) >= 11 is 6.15. The standard InChI is InChI=1S/C27H32ClFN2O3/c1-20-17-21(9-10-23(20)28)34-19-27(18-25(32)30-13-5-2-6-14-30)11-15-31(16-12-27)26(33)22-7-3-4-8-24(22)29/h3-4,7-10,17H,2,5-6,11-16,18-19H2,1H3. The second-order valence-electron chi connectivity index (χ2n) is 9.59. The van der Waals surface area contributed by atoms with Gasteiger partial charge in [-0.15, -0.1) is 0 Å². The fourth-order valence-corrected chi connectivity index (χ4v) is 5.00. The lowest BCUT2D eigenvalue weighted by molar-refractivity contribution is -0.136. The summed E-state index contributed by atoms with van der Waals surface area (Å²) in [6.45, 7) is 4.86. The lowest BCUT2D eigenvalue weighted by Gasteiger charge is -2.42. The maximum atomic E-state index is 14.2. The molecule has 0 radical (unpaired) electrons. The third-order valence-corrected chi connectivity index (χ3v) is 7.55. The SMILES string of the molecule is Cc1cc(OCC2(CC(=O)N3CCCCC3)CCN(C(=O)c3ccccc3F)CC2)ccc1Cl. The van der Waals surface area contributed by atoms with Crippen molar-refractivity contribution in [1.29, 1.82) is 0 Å². The van der Waals surface area contributed by atoms with Gasteiger partial charge in [-0.25, -0.2) is 4.39 Å². The average molecular weight is 487 g/mol. The van der Waals surface area contributed by atoms with Gasteiger partial charge in [0.25, 0.3) is 5.91 Å². The molecule has 2 heterocycles. The van der Waals surface area contributed by atoms with Crippen molar-refractivity contribution in [2.24, 2.45) is 5.41 Å². The monoisotopic (exact) mass is 486 g/mol. The number of rotatable bonds is 6. The van der Waals surface area contributed by atoms with E-state index in [-0.39, 0.29) is 22.8 Å². The Hall–Kier alpha value is -2.60. The molecule has 0 saturated carbocycles. The van der Waals surface area contributed by atoms with E-state index in [0.717, 1.165) is 37.2 Å². The maximum Gasteiger partial charge on any atom is 0.256 e. The van der Waals surface area contributed by atoms with E-state index in [0.29, 0.717) is 44.0 Å². The molecule has 2 amide bonds. The molecule has 0 aliphatic carbocycles. The third-order valence-electron chi connectivity index (χ3n) is 7.13. The van der Waals surface area contributed by atoms with E-state index in [2.05, 4.69) is 0 Å². The molecule has 2 saturated heterocycles. The van der Waals surface area contributed by atoms with E-state index in [1.165, 1.54) is 18.6 Å². The van der Waals surface area contributed by atoms with Crippen LogP contribution in [0.25, 0.3) is 0 Å². The summed E-state index contributed by atoms with van der Waals surface area (Å²) in [4.78, 5) is 29.8. The molecule has 4 rings (SSSR count). The Morgan fingerprint density at radius 3 is 2.38 bits per heavy atom. The van der Waals surface area contributed by atoms with Gasteiger partial charge >= 0.3 is 0 Å². The van der Waals surface area contributed by atoms with Crippen molar-refractivity contribution in [3.63, 3.8) is 0 Å². The van der Waals surface area contributed by atoms with Crippen LogP contribution in [0.15, 0.2) is 42.5 Å². The first-order valence-corrected chi connectivity index (χ1v) is 12.5. The second kappa shape index (κ2) is 10.8. The number of piperidine rings is 2. The van der Waals surface area contributed by atoms with Crippen molar-refractivity contribution in [1.82, 2.24) is 9.80 Å². The Morgan fingerprint density at radius 1 is 1.00 bits per heavy atom. The minimum atomic E-state index is -0.508. The molecule has 0 spiro atoms. The van der Waals surface area contributed by atoms with Crippen molar-refractivity contribution >= 4 is 23.4 Å². The second-order valence-corrected chi connectivity index (χ2v) is 10.00. The molecule has 0 unspecified atom stereocenters. The largest absolute Gasteiger partial charge is 0.493 e. The highest BCUT2D eigenvalue weighted by Gasteiger charge is 2.40. The first-order valence-electron chi connectivity index (χ1n) is 12.1. The van der Waals surface area contributed by atoms with Gasteiger partial charge in [0.05, 0.1) is 12.2 Å². The molecule has 2 aliphatic heterocycles. The van der Waals surface area contributed by atoms with Crippen LogP contribution in [0.3, 0.4) is 0 Å². The molecule has 34 heavy (non-hydrogen) atoms. The molecule has 2 aliphatic rings. The number of carbonyl (C=O) groups excluding carboxylic acids is 2. The average Bonchev–Trinajstić information content (AvgIpc) is 2.86. The summed E-state index contributed by atoms with van der Waals surface area (Å²) < 4.78 is 20.3. The minimum Gasteiger partial charge on any atom is -0.493 e. The topological polar surface area (TPSA) is 49.9 Å². The number of ether oxygens (including phenoxy) is 1. The Bertz CT molecular complexity index is 1030. The zero-order chi connectivity index (χ0) is 24.1. The molecule has 182 valence electrons. The normalized spacial score (nSPS) is 18.0. The van der Waals surface area contributed by atoms with E-state index >= 15 is 0 Å². The molecular formula is C27H32ClFN2O3. The van der Waals surface area contributed by atoms with Gasteiger partial charge in [0.1, 0.15) is 11.6 Å². The molecule has 0 N–H and O–H groups in total. The van der Waals surface area contributed by atoms with Gasteiger partial charge in [-0.2, -0.15) is 0 Å². The number of likely N-dealkylation sites (tertiary alicyclic amines) is 2. The number of halogens is 2. The van der Waals surface area contributed by atoms with Crippen molar-refractivity contribution in [2.75, 3.05) is 32.8 Å². The predicted molar refractivity (Wildman–Crippen MR) is 131 cm³/mol. The van der Waals surface area contributed by atoms with Gasteiger partial charge in [0.2, 0.25) is 5.91 Å². The van der Waals surface area contributed by atoms with Crippen molar-refractivity contribution in [3.8, 4) is 5.75 Å². The van der Waals surface area contributed by atoms with Crippen LogP contribution in [-0.2, 0) is 4.79 Å². The Kier molecular flexibility index (Phi) is 7.77. The number of amides is 2. The highest BCUT2D eigenvalue weighted by atomic mass is 35.5. The molecule has 0 bridgehead atoms. The van der Waals surface area contributed by atoms with E-state index in [9.17, 15) is 14.0 Å². The number of hydrogen-bond donors (Lipinski definition) is 0. The quantitative estimate of drug-likeness (QED) is 0.542. The lowest BCUT2D eigenvalue weighted by atomic mass is 9.75. The first-order chi connectivity index (χ1) is 16.4. The fraction of sp³-hybridized carbons (Fsp3) is 0.481. The third kappa shape index (κ3) is 5.72. The molecule has 2 aromatic rings. The zero-order valence-electron chi connectivity index (χ0n) is 19.7. The summed E-state index contributed by atoms with van der Waals surface area (Å²) in [5.74, 6) is 0.0652. The van der Waals surface area contributed by atoms with Crippen molar-refractivity contribution in [2.45, 2.75) is 45.4 Å². The number of carbonyl (C=O) groups is 2. The smallest absolute Gasteiger partial charge is 0.256 e. The van der Waals surface area contributed by atoms with E-state index in [1.54, 1.807) is 17.0 Å². The Morgan fingerprint density at radius 2 is 1.71 bits per heavy atom. The van der Waals surface area contributed by atoms with Crippen LogP contribution in [0.5, 0.6) is 5.75 Å². The molecule has 5 nitrogen and oxygen atoms in total. The summed E-state index contributed by atoms with van der Waals surface area (Å²) in [5, 5.41) is 0.683. The first kappa shape index (κ1) is 24.5. The van der Waals surface area contributed by atoms with Crippen LogP contribution in [0.2, 0.25) is 5.02 Å². The minimum absolute atomic E-state index is 0.0901. The molecule has 2 fully saturated rings. The van der Waals surface area contributed by atoms with E-state index in [4.69, 9.17) is 16.3 Å². The Balaban J connectivity index is 1.47. The molecule has 0 aromatic heterocycles. The van der Waals surface area contributed by atoms with Crippen LogP contribution < -0.4 is 4.74 Å². The lowest BCUT2D eigenvalue weighted by Crippen LogP contribution is -2.48. The zero-order valence-corrected chi connectivity index (χ0v) is 20.5. The van der Waals surface area contributed by atoms with Crippen LogP contribution in [0.1, 0.15) is 54.4 Å². The molecule has 7 heteroatoms. The van der Waals surface area contributed by atoms with Crippen molar-refractivity contribution in [3.05, 3.63) is 64.4 Å². The predicted octanol–water partition coefficient (Wildman–Crippen LogP) is 5.49.